The van der Waals surface area contributed by atoms with Gasteiger partial charge in [-0.1, -0.05) is 77.0 Å². The van der Waals surface area contributed by atoms with Crippen LogP contribution in [0.15, 0.2) is 24.3 Å². The third kappa shape index (κ3) is 8.29. The molecule has 1 aromatic rings. The zero-order valence-corrected chi connectivity index (χ0v) is 14.3. The van der Waals surface area contributed by atoms with Crippen LogP contribution < -0.4 is 4.74 Å². The normalized spacial score (nSPS) is 13.1. The predicted molar refractivity (Wildman–Crippen MR) is 88.8 cm³/mol. The van der Waals surface area contributed by atoms with Crippen molar-refractivity contribution in [2.75, 3.05) is 0 Å². The van der Waals surface area contributed by atoms with Crippen molar-refractivity contribution in [3.63, 3.8) is 0 Å². The fourth-order valence-electron chi connectivity index (χ4n) is 2.94. The molecule has 0 aliphatic carbocycles. The molecule has 132 valence electrons. The summed E-state index contributed by atoms with van der Waals surface area (Å²) < 4.78 is 42.1. The summed E-state index contributed by atoms with van der Waals surface area (Å²) in [5.41, 5.74) is 0.703. The average molecular weight is 330 g/mol. The second-order valence-corrected chi connectivity index (χ2v) is 6.13. The van der Waals surface area contributed by atoms with Gasteiger partial charge >= 0.3 is 6.36 Å². The van der Waals surface area contributed by atoms with Crippen molar-refractivity contribution in [1.29, 1.82) is 0 Å². The van der Waals surface area contributed by atoms with Crippen molar-refractivity contribution in [1.82, 2.24) is 0 Å². The van der Waals surface area contributed by atoms with Gasteiger partial charge in [0.25, 0.3) is 0 Å². The molecule has 0 saturated carbocycles. The second-order valence-electron chi connectivity index (χ2n) is 6.13. The van der Waals surface area contributed by atoms with Crippen molar-refractivity contribution in [2.45, 2.75) is 83.9 Å². The molecule has 0 bridgehead atoms. The van der Waals surface area contributed by atoms with Crippen LogP contribution in [0.3, 0.4) is 0 Å². The van der Waals surface area contributed by atoms with E-state index in [0.29, 0.717) is 5.56 Å². The highest BCUT2D eigenvalue weighted by atomic mass is 19.4. The largest absolute Gasteiger partial charge is 0.573 e. The van der Waals surface area contributed by atoms with Gasteiger partial charge in [-0.05, 0) is 30.4 Å². The molecule has 1 rings (SSSR count). The Kier molecular flexibility index (Phi) is 9.12. The Balaban J connectivity index is 2.76. The molecule has 0 saturated heterocycles. The summed E-state index contributed by atoms with van der Waals surface area (Å²) in [5, 5.41) is 0. The standard InChI is InChI=1S/C19H29F3O/c1-3-5-7-8-9-13-16(12-6-4-2)17-14-10-11-15-18(17)23-19(20,21)22/h10-11,14-16H,3-9,12-13H2,1-2H3. The third-order valence-electron chi connectivity index (χ3n) is 4.15. The Morgan fingerprint density at radius 3 is 2.13 bits per heavy atom. The van der Waals surface area contributed by atoms with Gasteiger partial charge in [-0.25, -0.2) is 0 Å². The zero-order chi connectivity index (χ0) is 17.1. The Morgan fingerprint density at radius 2 is 1.48 bits per heavy atom. The molecule has 1 atom stereocenters. The molecular weight excluding hydrogens is 301 g/mol. The molecule has 0 heterocycles. The summed E-state index contributed by atoms with van der Waals surface area (Å²) in [5.74, 6) is 0.116. The van der Waals surface area contributed by atoms with E-state index < -0.39 is 6.36 Å². The number of hydrogen-bond donors (Lipinski definition) is 0. The molecule has 0 aliphatic heterocycles. The maximum Gasteiger partial charge on any atom is 0.573 e. The van der Waals surface area contributed by atoms with E-state index in [1.54, 1.807) is 18.2 Å². The van der Waals surface area contributed by atoms with E-state index >= 15 is 0 Å². The lowest BCUT2D eigenvalue weighted by molar-refractivity contribution is -0.275. The molecule has 4 heteroatoms. The molecule has 1 nitrogen and oxygen atoms in total. The van der Waals surface area contributed by atoms with Crippen molar-refractivity contribution in [3.8, 4) is 5.75 Å². The highest BCUT2D eigenvalue weighted by Gasteiger charge is 2.32. The molecule has 23 heavy (non-hydrogen) atoms. The van der Waals surface area contributed by atoms with Gasteiger partial charge < -0.3 is 4.74 Å². The van der Waals surface area contributed by atoms with Gasteiger partial charge in [-0.2, -0.15) is 0 Å². The lowest BCUT2D eigenvalue weighted by atomic mass is 9.88. The van der Waals surface area contributed by atoms with E-state index in [-0.39, 0.29) is 11.7 Å². The van der Waals surface area contributed by atoms with Gasteiger partial charge in [-0.15, -0.1) is 13.2 Å². The Hall–Kier alpha value is -1.19. The van der Waals surface area contributed by atoms with Crippen molar-refractivity contribution < 1.29 is 17.9 Å². The van der Waals surface area contributed by atoms with E-state index in [2.05, 4.69) is 18.6 Å². The summed E-state index contributed by atoms with van der Waals surface area (Å²) in [6.07, 6.45) is 5.14. The second kappa shape index (κ2) is 10.6. The molecule has 0 N–H and O–H groups in total. The van der Waals surface area contributed by atoms with Crippen LogP contribution in [0, 0.1) is 0 Å². The van der Waals surface area contributed by atoms with E-state index in [1.807, 2.05) is 0 Å². The Labute approximate surface area is 138 Å². The van der Waals surface area contributed by atoms with Gasteiger partial charge in [-0.3, -0.25) is 0 Å². The fourth-order valence-corrected chi connectivity index (χ4v) is 2.94. The number of para-hydroxylation sites is 1. The number of rotatable bonds is 11. The van der Waals surface area contributed by atoms with Crippen LogP contribution >= 0.6 is 0 Å². The number of alkyl halides is 3. The highest BCUT2D eigenvalue weighted by molar-refractivity contribution is 5.36. The molecule has 1 aromatic carbocycles. The summed E-state index contributed by atoms with van der Waals surface area (Å²) in [6, 6.07) is 6.61. The molecule has 0 aromatic heterocycles. The maximum atomic E-state index is 12.6. The van der Waals surface area contributed by atoms with E-state index in [1.165, 1.54) is 25.3 Å². The lowest BCUT2D eigenvalue weighted by Gasteiger charge is -2.21. The number of hydrogen-bond acceptors (Lipinski definition) is 1. The molecule has 0 radical (unpaired) electrons. The van der Waals surface area contributed by atoms with Gasteiger partial charge in [0.1, 0.15) is 5.75 Å². The SMILES string of the molecule is CCCCCCCC(CCCC)c1ccccc1OC(F)(F)F. The van der Waals surface area contributed by atoms with Gasteiger partial charge in [0, 0.05) is 0 Å². The first kappa shape index (κ1) is 19.9. The molecule has 0 fully saturated rings. The van der Waals surface area contributed by atoms with Crippen LogP contribution in [0.25, 0.3) is 0 Å². The quantitative estimate of drug-likeness (QED) is 0.389. The van der Waals surface area contributed by atoms with E-state index in [9.17, 15) is 13.2 Å². The minimum atomic E-state index is -4.63. The number of ether oxygens (including phenoxy) is 1. The summed E-state index contributed by atoms with van der Waals surface area (Å²) in [7, 11) is 0. The van der Waals surface area contributed by atoms with Crippen LogP contribution in [0.4, 0.5) is 13.2 Å². The first-order chi connectivity index (χ1) is 11.0. The number of unbranched alkanes of at least 4 members (excludes halogenated alkanes) is 5. The first-order valence-electron chi connectivity index (χ1n) is 8.82. The van der Waals surface area contributed by atoms with Crippen LogP contribution in [0.2, 0.25) is 0 Å². The zero-order valence-electron chi connectivity index (χ0n) is 14.3. The van der Waals surface area contributed by atoms with Crippen LogP contribution in [-0.2, 0) is 0 Å². The first-order valence-corrected chi connectivity index (χ1v) is 8.82. The van der Waals surface area contributed by atoms with Crippen LogP contribution in [0.1, 0.15) is 83.1 Å². The topological polar surface area (TPSA) is 9.23 Å². The molecule has 1 unspecified atom stereocenters. The summed E-state index contributed by atoms with van der Waals surface area (Å²) in [4.78, 5) is 0. The summed E-state index contributed by atoms with van der Waals surface area (Å²) in [6.45, 7) is 4.28. The van der Waals surface area contributed by atoms with Crippen molar-refractivity contribution >= 4 is 0 Å². The third-order valence-corrected chi connectivity index (χ3v) is 4.15. The predicted octanol–water partition coefficient (Wildman–Crippen LogP) is 7.22. The number of benzene rings is 1. The molecule has 0 aliphatic rings. The fraction of sp³-hybridized carbons (Fsp3) is 0.684. The van der Waals surface area contributed by atoms with Crippen molar-refractivity contribution in [2.24, 2.45) is 0 Å². The molecule has 0 amide bonds. The average Bonchev–Trinajstić information content (AvgIpc) is 2.49. The number of halogens is 3. The van der Waals surface area contributed by atoms with Gasteiger partial charge in [0.05, 0.1) is 0 Å². The van der Waals surface area contributed by atoms with Crippen LogP contribution in [0.5, 0.6) is 5.75 Å². The minimum absolute atomic E-state index is 0.0327. The Bertz CT molecular complexity index is 429. The van der Waals surface area contributed by atoms with Crippen molar-refractivity contribution in [3.05, 3.63) is 29.8 Å². The highest BCUT2D eigenvalue weighted by Crippen LogP contribution is 2.36. The Morgan fingerprint density at radius 1 is 0.870 bits per heavy atom. The van der Waals surface area contributed by atoms with Gasteiger partial charge in [0.2, 0.25) is 0 Å². The van der Waals surface area contributed by atoms with Gasteiger partial charge in [0.15, 0.2) is 0 Å². The van der Waals surface area contributed by atoms with E-state index in [0.717, 1.165) is 38.5 Å². The van der Waals surface area contributed by atoms with Crippen LogP contribution in [-0.4, -0.2) is 6.36 Å². The minimum Gasteiger partial charge on any atom is -0.405 e. The maximum absolute atomic E-state index is 12.6. The lowest BCUT2D eigenvalue weighted by Crippen LogP contribution is -2.18. The summed E-state index contributed by atoms with van der Waals surface area (Å²) >= 11 is 0. The van der Waals surface area contributed by atoms with E-state index in [4.69, 9.17) is 0 Å². The molecule has 0 spiro atoms. The smallest absolute Gasteiger partial charge is 0.405 e. The monoisotopic (exact) mass is 330 g/mol. The molecular formula is C19H29F3O.